The van der Waals surface area contributed by atoms with Crippen LogP contribution in [0.25, 0.3) is 0 Å². The molecule has 0 saturated carbocycles. The summed E-state index contributed by atoms with van der Waals surface area (Å²) < 4.78 is 10.1. The van der Waals surface area contributed by atoms with Gasteiger partial charge in [0.25, 0.3) is 0 Å². The second-order valence-electron chi connectivity index (χ2n) is 10.7. The first kappa shape index (κ1) is 27.4. The number of nitrogens with two attached hydrogens (primary N) is 1. The fraction of sp³-hybridized carbons (Fsp3) is 0.692. The Kier molecular flexibility index (Phi) is 9.52. The standard InChI is InChI=1S/C26H42N4O5/c1-26(2,13-21(27)23(31)16-29-11-7-9-20(29)17-34-3)14-24(32)30-15-19(28-25(33)35-4)12-18-8-5-6-10-22(18)30/h5-6,8,10,19-21,23,31H,7,9,11-17,27H2,1-4H3,(H,28,33)/t19?,20-,21+,23+/m1/s1. The number of benzene rings is 1. The first-order valence-corrected chi connectivity index (χ1v) is 12.5. The van der Waals surface area contributed by atoms with E-state index < -0.39 is 23.7 Å². The molecular weight excluding hydrogens is 448 g/mol. The zero-order valence-corrected chi connectivity index (χ0v) is 21.5. The largest absolute Gasteiger partial charge is 0.453 e. The molecule has 0 bridgehead atoms. The number of hydrogen-bond donors (Lipinski definition) is 3. The first-order valence-electron chi connectivity index (χ1n) is 12.5. The predicted octanol–water partition coefficient (Wildman–Crippen LogP) is 1.91. The van der Waals surface area contributed by atoms with Gasteiger partial charge in [-0.2, -0.15) is 0 Å². The molecule has 0 spiro atoms. The van der Waals surface area contributed by atoms with Crippen molar-refractivity contribution < 1.29 is 24.2 Å². The Morgan fingerprint density at radius 2 is 2.03 bits per heavy atom. The molecule has 3 rings (SSSR count). The third kappa shape index (κ3) is 7.39. The van der Waals surface area contributed by atoms with E-state index in [-0.39, 0.29) is 18.4 Å². The summed E-state index contributed by atoms with van der Waals surface area (Å²) in [6.07, 6.45) is 2.41. The van der Waals surface area contributed by atoms with E-state index in [1.165, 1.54) is 7.11 Å². The van der Waals surface area contributed by atoms with Gasteiger partial charge in [-0.1, -0.05) is 32.0 Å². The Labute approximate surface area is 208 Å². The third-order valence-corrected chi connectivity index (χ3v) is 7.15. The molecule has 1 unspecified atom stereocenters. The number of β-amino-alcohol motifs (C(OH)–C–C–N with tert-alkyl or cyclic N) is 1. The fourth-order valence-corrected chi connectivity index (χ4v) is 5.40. The highest BCUT2D eigenvalue weighted by atomic mass is 16.5. The van der Waals surface area contributed by atoms with Crippen LogP contribution >= 0.6 is 0 Å². The fourth-order valence-electron chi connectivity index (χ4n) is 5.40. The molecule has 2 heterocycles. The van der Waals surface area contributed by atoms with Crippen molar-refractivity contribution in [1.82, 2.24) is 10.2 Å². The number of para-hydroxylation sites is 1. The number of nitrogens with zero attached hydrogens (tertiary/aromatic N) is 2. The lowest BCUT2D eigenvalue weighted by molar-refractivity contribution is -0.120. The molecule has 9 heteroatoms. The van der Waals surface area contributed by atoms with Crippen LogP contribution in [-0.4, -0.2) is 86.7 Å². The van der Waals surface area contributed by atoms with Gasteiger partial charge in [0.1, 0.15) is 0 Å². The number of methoxy groups -OCH3 is 2. The number of carbonyl (C=O) groups is 2. The van der Waals surface area contributed by atoms with E-state index in [2.05, 4.69) is 10.2 Å². The highest BCUT2D eigenvalue weighted by molar-refractivity contribution is 5.95. The molecule has 9 nitrogen and oxygen atoms in total. The Morgan fingerprint density at radius 3 is 2.74 bits per heavy atom. The maximum absolute atomic E-state index is 13.5. The van der Waals surface area contributed by atoms with E-state index in [1.54, 1.807) is 12.0 Å². The first-order chi connectivity index (χ1) is 16.6. The molecule has 0 radical (unpaired) electrons. The molecule has 0 aliphatic carbocycles. The molecule has 4 N–H and O–H groups in total. The number of likely N-dealkylation sites (tertiary alicyclic amines) is 1. The molecule has 1 saturated heterocycles. The number of amides is 2. The number of carbonyl (C=O) groups excluding carboxylic acids is 2. The topological polar surface area (TPSA) is 117 Å². The monoisotopic (exact) mass is 490 g/mol. The highest BCUT2D eigenvalue weighted by Crippen LogP contribution is 2.33. The van der Waals surface area contributed by atoms with E-state index in [4.69, 9.17) is 15.2 Å². The van der Waals surface area contributed by atoms with E-state index in [1.807, 2.05) is 38.1 Å². The summed E-state index contributed by atoms with van der Waals surface area (Å²) in [6.45, 7) is 6.52. The number of fused-ring (bicyclic) bond motifs is 1. The number of alkyl carbamates (subject to hydrolysis) is 1. The van der Waals surface area contributed by atoms with E-state index in [0.29, 0.717) is 38.6 Å². The van der Waals surface area contributed by atoms with Gasteiger partial charge < -0.3 is 30.5 Å². The lowest BCUT2D eigenvalue weighted by Gasteiger charge is -2.37. The van der Waals surface area contributed by atoms with Gasteiger partial charge in [0, 0.05) is 44.4 Å². The van der Waals surface area contributed by atoms with Gasteiger partial charge in [0.05, 0.1) is 25.9 Å². The molecule has 2 aliphatic rings. The van der Waals surface area contributed by atoms with E-state index in [0.717, 1.165) is 30.6 Å². The summed E-state index contributed by atoms with van der Waals surface area (Å²) in [4.78, 5) is 29.3. The van der Waals surface area contributed by atoms with Crippen LogP contribution in [0.2, 0.25) is 0 Å². The van der Waals surface area contributed by atoms with Gasteiger partial charge in [-0.15, -0.1) is 0 Å². The summed E-state index contributed by atoms with van der Waals surface area (Å²) in [7, 11) is 3.03. The minimum absolute atomic E-state index is 0.0276. The number of nitrogens with one attached hydrogen (secondary N) is 1. The predicted molar refractivity (Wildman–Crippen MR) is 135 cm³/mol. The molecule has 1 aromatic carbocycles. The number of rotatable bonds is 10. The molecule has 1 fully saturated rings. The molecule has 4 atom stereocenters. The van der Waals surface area contributed by atoms with Crippen LogP contribution in [-0.2, 0) is 20.7 Å². The van der Waals surface area contributed by atoms with Gasteiger partial charge in [0.15, 0.2) is 0 Å². The van der Waals surface area contributed by atoms with Crippen LogP contribution in [0.15, 0.2) is 24.3 Å². The van der Waals surface area contributed by atoms with Crippen molar-refractivity contribution in [3.8, 4) is 0 Å². The number of anilines is 1. The summed E-state index contributed by atoms with van der Waals surface area (Å²) in [5, 5.41) is 13.7. The smallest absolute Gasteiger partial charge is 0.407 e. The van der Waals surface area contributed by atoms with Gasteiger partial charge >= 0.3 is 6.09 Å². The maximum Gasteiger partial charge on any atom is 0.407 e. The Morgan fingerprint density at radius 1 is 1.29 bits per heavy atom. The van der Waals surface area contributed by atoms with Gasteiger partial charge in [-0.3, -0.25) is 9.69 Å². The van der Waals surface area contributed by atoms with Crippen LogP contribution in [0.3, 0.4) is 0 Å². The Hall–Kier alpha value is -2.20. The van der Waals surface area contributed by atoms with Crippen LogP contribution in [0, 0.1) is 5.41 Å². The van der Waals surface area contributed by atoms with Gasteiger partial charge in [-0.25, -0.2) is 4.79 Å². The van der Waals surface area contributed by atoms with Gasteiger partial charge in [-0.05, 0) is 49.3 Å². The highest BCUT2D eigenvalue weighted by Gasteiger charge is 2.35. The summed E-state index contributed by atoms with van der Waals surface area (Å²) in [6, 6.07) is 7.42. The maximum atomic E-state index is 13.5. The van der Waals surface area contributed by atoms with Crippen molar-refractivity contribution in [2.24, 2.45) is 11.1 Å². The van der Waals surface area contributed by atoms with E-state index in [9.17, 15) is 14.7 Å². The lowest BCUT2D eigenvalue weighted by Crippen LogP contribution is -2.51. The van der Waals surface area contributed by atoms with Crippen LogP contribution in [0.1, 0.15) is 45.1 Å². The number of aliphatic hydroxyl groups is 1. The van der Waals surface area contributed by atoms with Crippen molar-refractivity contribution in [1.29, 1.82) is 0 Å². The average Bonchev–Trinajstić information content (AvgIpc) is 3.24. The van der Waals surface area contributed by atoms with Crippen molar-refractivity contribution in [2.75, 3.05) is 45.4 Å². The number of aliphatic hydroxyl groups excluding tert-OH is 1. The lowest BCUT2D eigenvalue weighted by atomic mass is 9.80. The molecule has 35 heavy (non-hydrogen) atoms. The van der Waals surface area contributed by atoms with Gasteiger partial charge in [0.2, 0.25) is 5.91 Å². The molecule has 1 aromatic rings. The minimum Gasteiger partial charge on any atom is -0.453 e. The quantitative estimate of drug-likeness (QED) is 0.459. The molecule has 196 valence electrons. The van der Waals surface area contributed by atoms with Crippen molar-refractivity contribution in [2.45, 2.75) is 70.2 Å². The SMILES string of the molecule is COC[C@H]1CCCN1C[C@H](O)[C@@H](N)CC(C)(C)CC(=O)N1CC(NC(=O)OC)Cc2ccccc21. The van der Waals surface area contributed by atoms with Crippen molar-refractivity contribution in [3.63, 3.8) is 0 Å². The molecule has 2 aliphatic heterocycles. The summed E-state index contributed by atoms with van der Waals surface area (Å²) in [5.74, 6) is -0.0276. The average molecular weight is 491 g/mol. The number of hydrogen-bond acceptors (Lipinski definition) is 7. The molecular formula is C26H42N4O5. The summed E-state index contributed by atoms with van der Waals surface area (Å²) >= 11 is 0. The number of ether oxygens (including phenoxy) is 2. The van der Waals surface area contributed by atoms with Crippen LogP contribution < -0.4 is 16.0 Å². The normalized spacial score (nSPS) is 22.4. The van der Waals surface area contributed by atoms with Crippen molar-refractivity contribution >= 4 is 17.7 Å². The Bertz CT molecular complexity index is 864. The second-order valence-corrected chi connectivity index (χ2v) is 10.7. The molecule has 0 aromatic heterocycles. The summed E-state index contributed by atoms with van der Waals surface area (Å²) in [5.41, 5.74) is 7.90. The second kappa shape index (κ2) is 12.2. The third-order valence-electron chi connectivity index (χ3n) is 7.15. The van der Waals surface area contributed by atoms with Crippen LogP contribution in [0.4, 0.5) is 10.5 Å². The Balaban J connectivity index is 1.61. The van der Waals surface area contributed by atoms with Crippen molar-refractivity contribution in [3.05, 3.63) is 29.8 Å². The zero-order chi connectivity index (χ0) is 25.6. The van der Waals surface area contributed by atoms with Crippen LogP contribution in [0.5, 0.6) is 0 Å². The van der Waals surface area contributed by atoms with E-state index >= 15 is 0 Å². The minimum atomic E-state index is -0.675. The molecule has 2 amide bonds. The zero-order valence-electron chi connectivity index (χ0n) is 21.5.